The van der Waals surface area contributed by atoms with Gasteiger partial charge in [-0.1, -0.05) is 19.1 Å². The SMILES string of the molecule is CCCOc1ccc(/C(=C/c2ccc(O)c(OC)c2)C(=O)O)c(C)c1. The lowest BCUT2D eigenvalue weighted by atomic mass is 9.98. The van der Waals surface area contributed by atoms with Crippen LogP contribution in [0, 0.1) is 6.92 Å². The zero-order valence-electron chi connectivity index (χ0n) is 14.6. The maximum absolute atomic E-state index is 11.8. The molecule has 2 rings (SSSR count). The number of ether oxygens (including phenoxy) is 2. The van der Waals surface area contributed by atoms with Crippen LogP contribution in [0.2, 0.25) is 0 Å². The molecule has 132 valence electrons. The molecule has 0 bridgehead atoms. The van der Waals surface area contributed by atoms with E-state index in [2.05, 4.69) is 0 Å². The van der Waals surface area contributed by atoms with Crippen molar-refractivity contribution in [3.8, 4) is 17.2 Å². The van der Waals surface area contributed by atoms with Crippen LogP contribution in [0.5, 0.6) is 17.2 Å². The van der Waals surface area contributed by atoms with Crippen molar-refractivity contribution in [3.63, 3.8) is 0 Å². The van der Waals surface area contributed by atoms with Crippen molar-refractivity contribution in [1.82, 2.24) is 0 Å². The van der Waals surface area contributed by atoms with E-state index in [0.717, 1.165) is 17.7 Å². The Hall–Kier alpha value is -2.95. The second-order valence-corrected chi connectivity index (χ2v) is 5.62. The lowest BCUT2D eigenvalue weighted by Crippen LogP contribution is -2.03. The molecule has 0 unspecified atom stereocenters. The zero-order chi connectivity index (χ0) is 18.4. The Balaban J connectivity index is 2.43. The summed E-state index contributed by atoms with van der Waals surface area (Å²) in [5, 5.41) is 19.3. The molecule has 0 spiro atoms. The van der Waals surface area contributed by atoms with Crippen molar-refractivity contribution in [1.29, 1.82) is 0 Å². The van der Waals surface area contributed by atoms with Gasteiger partial charge in [-0.2, -0.15) is 0 Å². The molecule has 0 fully saturated rings. The van der Waals surface area contributed by atoms with Gasteiger partial charge in [0.2, 0.25) is 0 Å². The second-order valence-electron chi connectivity index (χ2n) is 5.62. The van der Waals surface area contributed by atoms with Gasteiger partial charge >= 0.3 is 5.97 Å². The fraction of sp³-hybridized carbons (Fsp3) is 0.250. The molecule has 2 aromatic rings. The molecule has 0 heterocycles. The van der Waals surface area contributed by atoms with Crippen LogP contribution in [0.4, 0.5) is 0 Å². The first-order chi connectivity index (χ1) is 12.0. The summed E-state index contributed by atoms with van der Waals surface area (Å²) < 4.78 is 10.6. The van der Waals surface area contributed by atoms with Gasteiger partial charge in [-0.05, 0) is 60.4 Å². The first-order valence-electron chi connectivity index (χ1n) is 8.02. The predicted octanol–water partition coefficient (Wildman–Crippen LogP) is 4.12. The highest BCUT2D eigenvalue weighted by Crippen LogP contribution is 2.30. The van der Waals surface area contributed by atoms with Crippen molar-refractivity contribution in [2.45, 2.75) is 20.3 Å². The number of phenols is 1. The number of benzene rings is 2. The average molecular weight is 342 g/mol. The molecular weight excluding hydrogens is 320 g/mol. The fourth-order valence-corrected chi connectivity index (χ4v) is 2.45. The number of hydrogen-bond donors (Lipinski definition) is 2. The van der Waals surface area contributed by atoms with Gasteiger partial charge in [-0.25, -0.2) is 4.79 Å². The summed E-state index contributed by atoms with van der Waals surface area (Å²) in [7, 11) is 1.44. The first-order valence-corrected chi connectivity index (χ1v) is 8.02. The summed E-state index contributed by atoms with van der Waals surface area (Å²) in [5.41, 5.74) is 2.21. The lowest BCUT2D eigenvalue weighted by Gasteiger charge is -2.11. The molecule has 2 N–H and O–H groups in total. The Labute approximate surface area is 147 Å². The maximum atomic E-state index is 11.8. The quantitative estimate of drug-likeness (QED) is 0.585. The predicted molar refractivity (Wildman–Crippen MR) is 97.1 cm³/mol. The lowest BCUT2D eigenvalue weighted by molar-refractivity contribution is -0.130. The van der Waals surface area contributed by atoms with Crippen LogP contribution in [0.1, 0.15) is 30.0 Å². The number of aliphatic carboxylic acids is 1. The van der Waals surface area contributed by atoms with E-state index in [1.807, 2.05) is 19.9 Å². The molecule has 0 saturated carbocycles. The van der Waals surface area contributed by atoms with E-state index in [-0.39, 0.29) is 11.3 Å². The van der Waals surface area contributed by atoms with Crippen molar-refractivity contribution >= 4 is 17.6 Å². The largest absolute Gasteiger partial charge is 0.504 e. The van der Waals surface area contributed by atoms with Gasteiger partial charge in [0.25, 0.3) is 0 Å². The van der Waals surface area contributed by atoms with E-state index in [1.54, 1.807) is 30.3 Å². The van der Waals surface area contributed by atoms with E-state index >= 15 is 0 Å². The molecule has 0 atom stereocenters. The van der Waals surface area contributed by atoms with Gasteiger partial charge in [-0.15, -0.1) is 0 Å². The fourth-order valence-electron chi connectivity index (χ4n) is 2.45. The smallest absolute Gasteiger partial charge is 0.336 e. The molecule has 0 aliphatic heterocycles. The van der Waals surface area contributed by atoms with Crippen LogP contribution in [0.3, 0.4) is 0 Å². The molecular formula is C20H22O5. The van der Waals surface area contributed by atoms with Gasteiger partial charge in [0.15, 0.2) is 11.5 Å². The van der Waals surface area contributed by atoms with Gasteiger partial charge in [0, 0.05) is 0 Å². The topological polar surface area (TPSA) is 76.0 Å². The molecule has 0 radical (unpaired) electrons. The summed E-state index contributed by atoms with van der Waals surface area (Å²) in [5.74, 6) is -0.0137. The van der Waals surface area contributed by atoms with Crippen LogP contribution >= 0.6 is 0 Å². The number of aromatic hydroxyl groups is 1. The van der Waals surface area contributed by atoms with Crippen molar-refractivity contribution in [2.75, 3.05) is 13.7 Å². The Morgan fingerprint density at radius 2 is 1.96 bits per heavy atom. The van der Waals surface area contributed by atoms with E-state index in [0.29, 0.717) is 23.5 Å². The Morgan fingerprint density at radius 1 is 1.20 bits per heavy atom. The number of aryl methyl sites for hydroxylation is 1. The Kier molecular flexibility index (Phi) is 6.06. The summed E-state index contributed by atoms with van der Waals surface area (Å²) in [4.78, 5) is 11.8. The first kappa shape index (κ1) is 18.4. The Morgan fingerprint density at radius 3 is 2.56 bits per heavy atom. The number of carboxylic acid groups (broad SMARTS) is 1. The molecule has 5 heteroatoms. The van der Waals surface area contributed by atoms with E-state index in [1.165, 1.54) is 13.2 Å². The summed E-state index contributed by atoms with van der Waals surface area (Å²) in [6.45, 7) is 4.49. The highest BCUT2D eigenvalue weighted by Gasteiger charge is 2.14. The molecule has 0 aliphatic rings. The molecule has 0 amide bonds. The van der Waals surface area contributed by atoms with E-state index in [9.17, 15) is 15.0 Å². The molecule has 5 nitrogen and oxygen atoms in total. The minimum Gasteiger partial charge on any atom is -0.504 e. The van der Waals surface area contributed by atoms with Crippen molar-refractivity contribution in [3.05, 3.63) is 53.1 Å². The summed E-state index contributed by atoms with van der Waals surface area (Å²) in [6.07, 6.45) is 2.46. The number of hydrogen-bond acceptors (Lipinski definition) is 4. The third-order valence-electron chi connectivity index (χ3n) is 3.71. The minimum absolute atomic E-state index is 0.00475. The molecule has 0 aromatic heterocycles. The number of carbonyl (C=O) groups is 1. The average Bonchev–Trinajstić information content (AvgIpc) is 2.59. The van der Waals surface area contributed by atoms with Gasteiger partial charge < -0.3 is 19.7 Å². The van der Waals surface area contributed by atoms with Gasteiger partial charge in [0.05, 0.1) is 19.3 Å². The number of rotatable bonds is 7. The van der Waals surface area contributed by atoms with Crippen LogP contribution < -0.4 is 9.47 Å². The molecule has 25 heavy (non-hydrogen) atoms. The Bertz CT molecular complexity index is 793. The van der Waals surface area contributed by atoms with E-state index < -0.39 is 5.97 Å². The van der Waals surface area contributed by atoms with Crippen LogP contribution in [0.15, 0.2) is 36.4 Å². The highest BCUT2D eigenvalue weighted by molar-refractivity contribution is 6.21. The van der Waals surface area contributed by atoms with Crippen LogP contribution in [-0.2, 0) is 4.79 Å². The monoisotopic (exact) mass is 342 g/mol. The number of methoxy groups -OCH3 is 1. The molecule has 0 saturated heterocycles. The number of phenolic OH excluding ortho intramolecular Hbond substituents is 1. The number of carboxylic acids is 1. The molecule has 2 aromatic carbocycles. The second kappa shape index (κ2) is 8.24. The normalized spacial score (nSPS) is 11.2. The van der Waals surface area contributed by atoms with Crippen LogP contribution in [-0.4, -0.2) is 29.9 Å². The van der Waals surface area contributed by atoms with Crippen molar-refractivity contribution in [2.24, 2.45) is 0 Å². The van der Waals surface area contributed by atoms with Crippen LogP contribution in [0.25, 0.3) is 11.6 Å². The minimum atomic E-state index is -1.03. The maximum Gasteiger partial charge on any atom is 0.336 e. The highest BCUT2D eigenvalue weighted by atomic mass is 16.5. The standard InChI is InChI=1S/C20H22O5/c1-4-9-25-15-6-7-16(13(2)10-15)17(20(22)23)11-14-5-8-18(21)19(12-14)24-3/h5-8,10-12,21H,4,9H2,1-3H3,(H,22,23)/b17-11-. The van der Waals surface area contributed by atoms with Crippen molar-refractivity contribution < 1.29 is 24.5 Å². The van der Waals surface area contributed by atoms with Gasteiger partial charge in [0.1, 0.15) is 5.75 Å². The third kappa shape index (κ3) is 4.53. The van der Waals surface area contributed by atoms with Gasteiger partial charge in [-0.3, -0.25) is 0 Å². The third-order valence-corrected chi connectivity index (χ3v) is 3.71. The summed E-state index contributed by atoms with van der Waals surface area (Å²) >= 11 is 0. The molecule has 0 aliphatic carbocycles. The zero-order valence-corrected chi connectivity index (χ0v) is 14.6. The summed E-state index contributed by atoms with van der Waals surface area (Å²) in [6, 6.07) is 10.0. The van der Waals surface area contributed by atoms with E-state index in [4.69, 9.17) is 9.47 Å².